The second-order valence-corrected chi connectivity index (χ2v) is 4.95. The third kappa shape index (κ3) is 2.73. The summed E-state index contributed by atoms with van der Waals surface area (Å²) < 4.78 is 1.73. The Kier molecular flexibility index (Phi) is 4.04. The maximum absolute atomic E-state index is 11.7. The molecule has 0 saturated carbocycles. The molecule has 4 nitrogen and oxygen atoms in total. The third-order valence-corrected chi connectivity index (χ3v) is 3.64. The van der Waals surface area contributed by atoms with E-state index in [0.717, 1.165) is 5.56 Å². The van der Waals surface area contributed by atoms with Gasteiger partial charge in [-0.3, -0.25) is 4.79 Å². The monoisotopic (exact) mass is 327 g/mol. The molecule has 1 heterocycles. The summed E-state index contributed by atoms with van der Waals surface area (Å²) in [6.45, 7) is 0.535. The van der Waals surface area contributed by atoms with Gasteiger partial charge in [0, 0.05) is 18.6 Å². The highest BCUT2D eigenvalue weighted by molar-refractivity contribution is 9.10. The summed E-state index contributed by atoms with van der Waals surface area (Å²) in [5.41, 5.74) is 1.43. The second-order valence-electron chi connectivity index (χ2n) is 3.75. The molecular weight excluding hydrogens is 318 g/mol. The quantitative estimate of drug-likeness (QED) is 0.942. The van der Waals surface area contributed by atoms with Crippen LogP contribution in [0, 0.1) is 0 Å². The Balaban J connectivity index is 2.19. The van der Waals surface area contributed by atoms with Crippen molar-refractivity contribution >= 4 is 33.2 Å². The SMILES string of the molecule is Cn1ncc(NCc2ccccc2Cl)c(Br)c1=O. The third-order valence-electron chi connectivity index (χ3n) is 2.51. The van der Waals surface area contributed by atoms with Crippen LogP contribution in [0.2, 0.25) is 5.02 Å². The predicted molar refractivity (Wildman–Crippen MR) is 76.0 cm³/mol. The molecule has 2 rings (SSSR count). The van der Waals surface area contributed by atoms with Crippen molar-refractivity contribution in [3.63, 3.8) is 0 Å². The van der Waals surface area contributed by atoms with Crippen molar-refractivity contribution in [1.29, 1.82) is 0 Å². The van der Waals surface area contributed by atoms with E-state index in [1.165, 1.54) is 4.68 Å². The molecule has 0 aliphatic carbocycles. The summed E-state index contributed by atoms with van der Waals surface area (Å²) in [6, 6.07) is 7.55. The van der Waals surface area contributed by atoms with Crippen LogP contribution in [0.25, 0.3) is 0 Å². The van der Waals surface area contributed by atoms with E-state index in [0.29, 0.717) is 21.7 Å². The summed E-state index contributed by atoms with van der Waals surface area (Å²) in [7, 11) is 1.60. The molecule has 0 amide bonds. The number of aromatic nitrogens is 2. The lowest BCUT2D eigenvalue weighted by Gasteiger charge is -2.09. The van der Waals surface area contributed by atoms with Gasteiger partial charge < -0.3 is 5.32 Å². The summed E-state index contributed by atoms with van der Waals surface area (Å²) in [6.07, 6.45) is 1.60. The molecule has 0 unspecified atom stereocenters. The largest absolute Gasteiger partial charge is 0.379 e. The molecule has 0 fully saturated rings. The molecule has 0 bridgehead atoms. The van der Waals surface area contributed by atoms with E-state index in [1.807, 2.05) is 24.3 Å². The Morgan fingerprint density at radius 3 is 2.89 bits per heavy atom. The molecule has 1 aromatic heterocycles. The summed E-state index contributed by atoms with van der Waals surface area (Å²) in [4.78, 5) is 11.7. The van der Waals surface area contributed by atoms with Crippen LogP contribution < -0.4 is 10.9 Å². The van der Waals surface area contributed by atoms with Crippen LogP contribution in [0.4, 0.5) is 5.69 Å². The molecule has 1 aromatic carbocycles. The second kappa shape index (κ2) is 5.54. The first kappa shape index (κ1) is 13.1. The average Bonchev–Trinajstić information content (AvgIpc) is 2.37. The van der Waals surface area contributed by atoms with E-state index in [2.05, 4.69) is 26.3 Å². The fraction of sp³-hybridized carbons (Fsp3) is 0.167. The average molecular weight is 329 g/mol. The number of aryl methyl sites for hydroxylation is 1. The van der Waals surface area contributed by atoms with Gasteiger partial charge in [-0.2, -0.15) is 5.10 Å². The molecule has 94 valence electrons. The Labute approximate surface area is 118 Å². The molecule has 2 aromatic rings. The van der Waals surface area contributed by atoms with Crippen LogP contribution >= 0.6 is 27.5 Å². The molecule has 18 heavy (non-hydrogen) atoms. The van der Waals surface area contributed by atoms with Crippen LogP contribution in [-0.2, 0) is 13.6 Å². The van der Waals surface area contributed by atoms with Crippen LogP contribution in [-0.4, -0.2) is 9.78 Å². The molecule has 0 aliphatic rings. The van der Waals surface area contributed by atoms with Crippen molar-refractivity contribution in [1.82, 2.24) is 9.78 Å². The highest BCUT2D eigenvalue weighted by Gasteiger charge is 2.07. The number of halogens is 2. The highest BCUT2D eigenvalue weighted by atomic mass is 79.9. The standard InChI is InChI=1S/C12H11BrClN3O/c1-17-12(18)11(13)10(7-16-17)15-6-8-4-2-3-5-9(8)14/h2-5,7,15H,6H2,1H3. The Hall–Kier alpha value is -1.33. The Morgan fingerprint density at radius 2 is 2.17 bits per heavy atom. The molecule has 0 radical (unpaired) electrons. The van der Waals surface area contributed by atoms with Gasteiger partial charge in [-0.05, 0) is 27.6 Å². The van der Waals surface area contributed by atoms with Crippen LogP contribution in [0.15, 0.2) is 39.7 Å². The van der Waals surface area contributed by atoms with Gasteiger partial charge in [-0.15, -0.1) is 0 Å². The van der Waals surface area contributed by atoms with Crippen molar-refractivity contribution in [2.24, 2.45) is 7.05 Å². The first-order chi connectivity index (χ1) is 8.59. The van der Waals surface area contributed by atoms with E-state index in [9.17, 15) is 4.79 Å². The normalized spacial score (nSPS) is 10.4. The van der Waals surface area contributed by atoms with Gasteiger partial charge in [0.2, 0.25) is 0 Å². The van der Waals surface area contributed by atoms with E-state index in [4.69, 9.17) is 11.6 Å². The van der Waals surface area contributed by atoms with Gasteiger partial charge in [-0.25, -0.2) is 4.68 Å². The molecule has 0 aliphatic heterocycles. The predicted octanol–water partition coefficient (Wildman–Crippen LogP) is 2.81. The van der Waals surface area contributed by atoms with Gasteiger partial charge in [0.1, 0.15) is 4.47 Å². The minimum atomic E-state index is -0.181. The van der Waals surface area contributed by atoms with Gasteiger partial charge in [0.05, 0.1) is 11.9 Å². The lowest BCUT2D eigenvalue weighted by molar-refractivity contribution is 0.703. The maximum atomic E-state index is 11.7. The van der Waals surface area contributed by atoms with E-state index >= 15 is 0 Å². The Morgan fingerprint density at radius 1 is 1.44 bits per heavy atom. The zero-order valence-electron chi connectivity index (χ0n) is 9.65. The van der Waals surface area contributed by atoms with Crippen LogP contribution in [0.1, 0.15) is 5.56 Å². The molecule has 1 N–H and O–H groups in total. The summed E-state index contributed by atoms with van der Waals surface area (Å²) >= 11 is 9.31. The number of hydrogen-bond donors (Lipinski definition) is 1. The van der Waals surface area contributed by atoms with Gasteiger partial charge >= 0.3 is 0 Å². The molecule has 0 saturated heterocycles. The lowest BCUT2D eigenvalue weighted by atomic mass is 10.2. The number of nitrogens with one attached hydrogen (secondary N) is 1. The fourth-order valence-electron chi connectivity index (χ4n) is 1.47. The lowest BCUT2D eigenvalue weighted by Crippen LogP contribution is -2.21. The fourth-order valence-corrected chi connectivity index (χ4v) is 2.17. The topological polar surface area (TPSA) is 46.9 Å². The number of anilines is 1. The molecular formula is C12H11BrClN3O. The summed E-state index contributed by atoms with van der Waals surface area (Å²) in [5.74, 6) is 0. The van der Waals surface area contributed by atoms with E-state index in [1.54, 1.807) is 13.2 Å². The Bertz CT molecular complexity index is 627. The number of hydrogen-bond acceptors (Lipinski definition) is 3. The zero-order chi connectivity index (χ0) is 13.1. The minimum absolute atomic E-state index is 0.181. The van der Waals surface area contributed by atoms with Crippen molar-refractivity contribution in [2.75, 3.05) is 5.32 Å². The number of nitrogens with zero attached hydrogens (tertiary/aromatic N) is 2. The maximum Gasteiger partial charge on any atom is 0.282 e. The first-order valence-electron chi connectivity index (χ1n) is 5.28. The number of benzene rings is 1. The zero-order valence-corrected chi connectivity index (χ0v) is 12.0. The van der Waals surface area contributed by atoms with Crippen molar-refractivity contribution in [3.8, 4) is 0 Å². The summed E-state index contributed by atoms with van der Waals surface area (Å²) in [5, 5.41) is 7.78. The van der Waals surface area contributed by atoms with Crippen LogP contribution in [0.5, 0.6) is 0 Å². The molecule has 6 heteroatoms. The van der Waals surface area contributed by atoms with E-state index < -0.39 is 0 Å². The molecule has 0 atom stereocenters. The van der Waals surface area contributed by atoms with Gasteiger partial charge in [0.15, 0.2) is 0 Å². The smallest absolute Gasteiger partial charge is 0.282 e. The van der Waals surface area contributed by atoms with Crippen molar-refractivity contribution < 1.29 is 0 Å². The highest BCUT2D eigenvalue weighted by Crippen LogP contribution is 2.19. The van der Waals surface area contributed by atoms with Gasteiger partial charge in [-0.1, -0.05) is 29.8 Å². The van der Waals surface area contributed by atoms with Crippen molar-refractivity contribution in [2.45, 2.75) is 6.54 Å². The first-order valence-corrected chi connectivity index (χ1v) is 6.46. The van der Waals surface area contributed by atoms with Crippen molar-refractivity contribution in [3.05, 3.63) is 55.9 Å². The minimum Gasteiger partial charge on any atom is -0.379 e. The van der Waals surface area contributed by atoms with Crippen LogP contribution in [0.3, 0.4) is 0 Å². The molecule has 0 spiro atoms. The number of rotatable bonds is 3. The van der Waals surface area contributed by atoms with Gasteiger partial charge in [0.25, 0.3) is 5.56 Å². The van der Waals surface area contributed by atoms with E-state index in [-0.39, 0.29) is 5.56 Å².